The summed E-state index contributed by atoms with van der Waals surface area (Å²) >= 11 is 0. The molecule has 1 atom stereocenters. The molecule has 0 fully saturated rings. The van der Waals surface area contributed by atoms with Gasteiger partial charge in [0.15, 0.2) is 0 Å². The van der Waals surface area contributed by atoms with Crippen LogP contribution in [-0.4, -0.2) is 8.42 Å². The Balaban J connectivity index is 1.72. The molecule has 0 aliphatic heterocycles. The van der Waals surface area contributed by atoms with Crippen LogP contribution in [-0.2, 0) is 28.6 Å². The van der Waals surface area contributed by atoms with Crippen LogP contribution in [0.1, 0.15) is 53.6 Å². The number of aryl methyl sites for hydroxylation is 3. The first-order chi connectivity index (χ1) is 11.4. The van der Waals surface area contributed by atoms with E-state index in [1.54, 1.807) is 0 Å². The van der Waals surface area contributed by atoms with E-state index >= 15 is 0 Å². The van der Waals surface area contributed by atoms with E-state index in [1.165, 1.54) is 24.0 Å². The molecule has 1 aliphatic rings. The summed E-state index contributed by atoms with van der Waals surface area (Å²) in [6.07, 6.45) is 4.73. The van der Waals surface area contributed by atoms with Crippen molar-refractivity contribution >= 4 is 10.0 Å². The average molecular weight is 343 g/mol. The Bertz CT molecular complexity index is 827. The summed E-state index contributed by atoms with van der Waals surface area (Å²) in [6.45, 7) is 3.89. The van der Waals surface area contributed by atoms with Crippen LogP contribution < -0.4 is 4.72 Å². The minimum absolute atomic E-state index is 0.0178. The topological polar surface area (TPSA) is 46.2 Å². The van der Waals surface area contributed by atoms with Crippen molar-refractivity contribution < 1.29 is 8.42 Å². The Morgan fingerprint density at radius 1 is 1.04 bits per heavy atom. The van der Waals surface area contributed by atoms with Crippen molar-refractivity contribution in [2.45, 2.75) is 51.3 Å². The van der Waals surface area contributed by atoms with Gasteiger partial charge in [-0.2, -0.15) is 0 Å². The third-order valence-electron chi connectivity index (χ3n) is 4.67. The van der Waals surface area contributed by atoms with E-state index in [9.17, 15) is 8.42 Å². The van der Waals surface area contributed by atoms with Gasteiger partial charge in [-0.25, -0.2) is 13.1 Å². The monoisotopic (exact) mass is 343 g/mol. The van der Waals surface area contributed by atoms with Crippen molar-refractivity contribution in [2.24, 2.45) is 0 Å². The standard InChI is InChI=1S/C20H25NO2S/c1-15-6-5-7-17(12-15)14-24(22,23)21-16(2)19-11-10-18-8-3-4-9-20(18)13-19/h5-7,10-13,16,21H,3-4,8-9,14H2,1-2H3/t16-/m1/s1. The molecule has 0 amide bonds. The van der Waals surface area contributed by atoms with E-state index in [0.29, 0.717) is 0 Å². The molecule has 2 aromatic rings. The Labute approximate surface area is 145 Å². The molecule has 0 aromatic heterocycles. The van der Waals surface area contributed by atoms with Crippen molar-refractivity contribution in [3.8, 4) is 0 Å². The lowest BCUT2D eigenvalue weighted by Crippen LogP contribution is -2.28. The maximum atomic E-state index is 12.5. The number of hydrogen-bond acceptors (Lipinski definition) is 2. The zero-order valence-corrected chi connectivity index (χ0v) is 15.2. The van der Waals surface area contributed by atoms with Gasteiger partial charge in [0.05, 0.1) is 5.75 Å². The molecule has 3 rings (SSSR count). The lowest BCUT2D eigenvalue weighted by molar-refractivity contribution is 0.565. The van der Waals surface area contributed by atoms with Crippen molar-refractivity contribution in [1.82, 2.24) is 4.72 Å². The highest BCUT2D eigenvalue weighted by Gasteiger charge is 2.18. The fourth-order valence-corrected chi connectivity index (χ4v) is 4.80. The lowest BCUT2D eigenvalue weighted by Gasteiger charge is -2.20. The van der Waals surface area contributed by atoms with Gasteiger partial charge in [0, 0.05) is 6.04 Å². The highest BCUT2D eigenvalue weighted by molar-refractivity contribution is 7.88. The van der Waals surface area contributed by atoms with Crippen LogP contribution in [0.15, 0.2) is 42.5 Å². The second-order valence-electron chi connectivity index (χ2n) is 6.82. The molecular formula is C20H25NO2S. The highest BCUT2D eigenvalue weighted by Crippen LogP contribution is 2.25. The molecule has 24 heavy (non-hydrogen) atoms. The molecule has 0 saturated heterocycles. The van der Waals surface area contributed by atoms with Crippen LogP contribution in [0.25, 0.3) is 0 Å². The van der Waals surface area contributed by atoms with Crippen LogP contribution in [0, 0.1) is 6.92 Å². The summed E-state index contributed by atoms with van der Waals surface area (Å²) in [5.74, 6) is 0.0178. The Kier molecular flexibility index (Phi) is 5.07. The predicted molar refractivity (Wildman–Crippen MR) is 98.4 cm³/mol. The number of rotatable bonds is 5. The van der Waals surface area contributed by atoms with Crippen LogP contribution in [0.5, 0.6) is 0 Å². The van der Waals surface area contributed by atoms with Crippen molar-refractivity contribution in [3.63, 3.8) is 0 Å². The minimum atomic E-state index is -3.37. The fourth-order valence-electron chi connectivity index (χ4n) is 3.42. The molecule has 1 aliphatic carbocycles. The zero-order valence-electron chi connectivity index (χ0n) is 14.4. The van der Waals surface area contributed by atoms with E-state index in [0.717, 1.165) is 29.5 Å². The highest BCUT2D eigenvalue weighted by atomic mass is 32.2. The molecule has 0 saturated carbocycles. The normalized spacial score (nSPS) is 15.8. The molecule has 0 radical (unpaired) electrons. The molecule has 0 unspecified atom stereocenters. The SMILES string of the molecule is Cc1cccc(CS(=O)(=O)N[C@H](C)c2ccc3c(c2)CCCC3)c1. The zero-order chi connectivity index (χ0) is 17.2. The third-order valence-corrected chi connectivity index (χ3v) is 6.09. The second-order valence-corrected chi connectivity index (χ2v) is 8.58. The second kappa shape index (κ2) is 7.08. The number of fused-ring (bicyclic) bond motifs is 1. The van der Waals surface area contributed by atoms with E-state index < -0.39 is 10.0 Å². The summed E-state index contributed by atoms with van der Waals surface area (Å²) < 4.78 is 27.8. The molecule has 0 spiro atoms. The average Bonchev–Trinajstić information content (AvgIpc) is 2.53. The van der Waals surface area contributed by atoms with Crippen molar-refractivity contribution in [3.05, 3.63) is 70.3 Å². The molecule has 2 aromatic carbocycles. The summed E-state index contributed by atoms with van der Waals surface area (Å²) in [4.78, 5) is 0. The Hall–Kier alpha value is -1.65. The smallest absolute Gasteiger partial charge is 0.212 e. The van der Waals surface area contributed by atoms with Gasteiger partial charge in [-0.15, -0.1) is 0 Å². The maximum Gasteiger partial charge on any atom is 0.216 e. The molecule has 0 heterocycles. The number of hydrogen-bond donors (Lipinski definition) is 1. The van der Waals surface area contributed by atoms with E-state index in [1.807, 2.05) is 38.1 Å². The molecule has 3 nitrogen and oxygen atoms in total. The molecule has 4 heteroatoms. The van der Waals surface area contributed by atoms with Gasteiger partial charge < -0.3 is 0 Å². The quantitative estimate of drug-likeness (QED) is 0.890. The van der Waals surface area contributed by atoms with E-state index in [-0.39, 0.29) is 11.8 Å². The van der Waals surface area contributed by atoms with Crippen molar-refractivity contribution in [2.75, 3.05) is 0 Å². The predicted octanol–water partition coefficient (Wildman–Crippen LogP) is 4.05. The summed E-state index contributed by atoms with van der Waals surface area (Å²) in [5, 5.41) is 0. The third kappa shape index (κ3) is 4.25. The van der Waals surface area contributed by atoms with Gasteiger partial charge in [0.25, 0.3) is 0 Å². The molecule has 0 bridgehead atoms. The largest absolute Gasteiger partial charge is 0.216 e. The maximum absolute atomic E-state index is 12.5. The molecule has 1 N–H and O–H groups in total. The fraction of sp³-hybridized carbons (Fsp3) is 0.400. The van der Waals surface area contributed by atoms with Crippen LogP contribution >= 0.6 is 0 Å². The number of sulfonamides is 1. The van der Waals surface area contributed by atoms with Gasteiger partial charge in [-0.3, -0.25) is 0 Å². The number of benzene rings is 2. The summed E-state index contributed by atoms with van der Waals surface area (Å²) in [7, 11) is -3.37. The van der Waals surface area contributed by atoms with Crippen LogP contribution in [0.4, 0.5) is 0 Å². The summed E-state index contributed by atoms with van der Waals surface area (Å²) in [5.41, 5.74) is 5.73. The van der Waals surface area contributed by atoms with Gasteiger partial charge in [-0.05, 0) is 61.8 Å². The van der Waals surface area contributed by atoms with Crippen LogP contribution in [0.2, 0.25) is 0 Å². The summed E-state index contributed by atoms with van der Waals surface area (Å²) in [6, 6.07) is 13.8. The van der Waals surface area contributed by atoms with Crippen molar-refractivity contribution in [1.29, 1.82) is 0 Å². The molecular weight excluding hydrogens is 318 g/mol. The first kappa shape index (κ1) is 17.2. The van der Waals surface area contributed by atoms with Gasteiger partial charge in [0.1, 0.15) is 0 Å². The first-order valence-electron chi connectivity index (χ1n) is 8.60. The van der Waals surface area contributed by atoms with Gasteiger partial charge in [0.2, 0.25) is 10.0 Å². The van der Waals surface area contributed by atoms with E-state index in [2.05, 4.69) is 22.9 Å². The van der Waals surface area contributed by atoms with Crippen LogP contribution in [0.3, 0.4) is 0 Å². The molecule has 128 valence electrons. The Morgan fingerprint density at radius 2 is 1.79 bits per heavy atom. The van der Waals surface area contributed by atoms with E-state index in [4.69, 9.17) is 0 Å². The van der Waals surface area contributed by atoms with Gasteiger partial charge >= 0.3 is 0 Å². The number of nitrogens with one attached hydrogen (secondary N) is 1. The minimum Gasteiger partial charge on any atom is -0.212 e. The first-order valence-corrected chi connectivity index (χ1v) is 10.3. The Morgan fingerprint density at radius 3 is 2.54 bits per heavy atom. The van der Waals surface area contributed by atoms with Gasteiger partial charge in [-0.1, -0.05) is 48.0 Å². The lowest BCUT2D eigenvalue weighted by atomic mass is 9.89.